The number of hydrogen-bond acceptors (Lipinski definition) is 1. The Hall–Kier alpha value is -1.54. The van der Waals surface area contributed by atoms with Crippen molar-refractivity contribution in [2.24, 2.45) is 0 Å². The van der Waals surface area contributed by atoms with Crippen molar-refractivity contribution in [3.63, 3.8) is 0 Å². The first kappa shape index (κ1) is 8.08. The largest absolute Gasteiger partial charge is 0.496 e. The van der Waals surface area contributed by atoms with E-state index >= 15 is 0 Å². The van der Waals surface area contributed by atoms with E-state index in [1.807, 2.05) is 24.3 Å². The Labute approximate surface area is 76.9 Å². The molecular formula is C11H12NO+. The van der Waals surface area contributed by atoms with Gasteiger partial charge in [0.15, 0.2) is 0 Å². The molecule has 13 heavy (non-hydrogen) atoms. The van der Waals surface area contributed by atoms with Gasteiger partial charge < -0.3 is 10.5 Å². The van der Waals surface area contributed by atoms with Gasteiger partial charge in [0, 0.05) is 17.5 Å². The van der Waals surface area contributed by atoms with E-state index in [0.717, 1.165) is 16.8 Å². The van der Waals surface area contributed by atoms with Gasteiger partial charge in [-0.15, -0.1) is 0 Å². The van der Waals surface area contributed by atoms with Gasteiger partial charge in [-0.25, -0.2) is 0 Å². The summed E-state index contributed by atoms with van der Waals surface area (Å²) in [5.74, 6) is 0.892. The topological polar surface area (TPSA) is 36.9 Å². The molecule has 0 aliphatic carbocycles. The van der Waals surface area contributed by atoms with Gasteiger partial charge in [-0.3, -0.25) is 0 Å². The van der Waals surface area contributed by atoms with Crippen molar-refractivity contribution >= 4 is 16.5 Å². The second-order valence-electron chi connectivity index (χ2n) is 3.02. The summed E-state index contributed by atoms with van der Waals surface area (Å²) < 4.78 is 5.27. The predicted molar refractivity (Wildman–Crippen MR) is 53.0 cm³/mol. The van der Waals surface area contributed by atoms with Crippen molar-refractivity contribution in [3.05, 3.63) is 36.4 Å². The normalized spacial score (nSPS) is 10.3. The monoisotopic (exact) mass is 174 g/mol. The van der Waals surface area contributed by atoms with E-state index in [0.29, 0.717) is 0 Å². The average Bonchev–Trinajstić information content (AvgIpc) is 2.16. The molecule has 0 aliphatic heterocycles. The SMILES string of the molecule is COc1cc([NH3+])cc2ccccc12. The lowest BCUT2D eigenvalue weighted by atomic mass is 10.1. The summed E-state index contributed by atoms with van der Waals surface area (Å²) in [5.41, 5.74) is 4.88. The van der Waals surface area contributed by atoms with Crippen molar-refractivity contribution in [3.8, 4) is 5.75 Å². The van der Waals surface area contributed by atoms with E-state index in [-0.39, 0.29) is 0 Å². The zero-order chi connectivity index (χ0) is 9.26. The van der Waals surface area contributed by atoms with E-state index in [9.17, 15) is 0 Å². The lowest BCUT2D eigenvalue weighted by molar-refractivity contribution is -0.254. The van der Waals surface area contributed by atoms with Crippen LogP contribution in [0.25, 0.3) is 10.8 Å². The van der Waals surface area contributed by atoms with Gasteiger partial charge in [0.2, 0.25) is 0 Å². The maximum Gasteiger partial charge on any atom is 0.132 e. The second kappa shape index (κ2) is 3.07. The summed E-state index contributed by atoms with van der Waals surface area (Å²) in [5, 5.41) is 2.31. The maximum atomic E-state index is 5.27. The van der Waals surface area contributed by atoms with E-state index in [4.69, 9.17) is 4.74 Å². The van der Waals surface area contributed by atoms with Crippen LogP contribution in [0.15, 0.2) is 36.4 Å². The van der Waals surface area contributed by atoms with Crippen LogP contribution in [0.5, 0.6) is 5.75 Å². The zero-order valence-corrected chi connectivity index (χ0v) is 7.58. The standard InChI is InChI=1S/C11H11NO/c1-13-11-7-9(12)6-8-4-2-3-5-10(8)11/h2-7H,12H2,1H3/p+1. The maximum absolute atomic E-state index is 5.27. The van der Waals surface area contributed by atoms with Crippen LogP contribution < -0.4 is 10.5 Å². The van der Waals surface area contributed by atoms with Crippen LogP contribution in [0, 0.1) is 0 Å². The van der Waals surface area contributed by atoms with Crippen molar-refractivity contribution in [2.45, 2.75) is 0 Å². The summed E-state index contributed by atoms with van der Waals surface area (Å²) in [6.45, 7) is 0. The summed E-state index contributed by atoms with van der Waals surface area (Å²) in [6.07, 6.45) is 0. The third kappa shape index (κ3) is 1.36. The minimum absolute atomic E-state index is 0.892. The predicted octanol–water partition coefficient (Wildman–Crippen LogP) is 1.72. The Bertz CT molecular complexity index is 437. The molecule has 0 saturated heterocycles. The number of quaternary nitrogens is 1. The van der Waals surface area contributed by atoms with Crippen LogP contribution in [-0.2, 0) is 0 Å². The van der Waals surface area contributed by atoms with Gasteiger partial charge in [0.25, 0.3) is 0 Å². The molecule has 2 heteroatoms. The molecule has 0 atom stereocenters. The minimum Gasteiger partial charge on any atom is -0.496 e. The summed E-state index contributed by atoms with van der Waals surface area (Å²) in [4.78, 5) is 0. The highest BCUT2D eigenvalue weighted by Gasteiger charge is 2.02. The van der Waals surface area contributed by atoms with Crippen molar-refractivity contribution in [1.82, 2.24) is 0 Å². The quantitative estimate of drug-likeness (QED) is 0.702. The first-order valence-corrected chi connectivity index (χ1v) is 4.20. The van der Waals surface area contributed by atoms with Crippen LogP contribution in [0.1, 0.15) is 0 Å². The van der Waals surface area contributed by atoms with Crippen molar-refractivity contribution in [2.75, 3.05) is 7.11 Å². The lowest BCUT2D eigenvalue weighted by Crippen LogP contribution is -2.39. The summed E-state index contributed by atoms with van der Waals surface area (Å²) in [6, 6.07) is 12.1. The highest BCUT2D eigenvalue weighted by atomic mass is 16.5. The molecule has 3 N–H and O–H groups in total. The van der Waals surface area contributed by atoms with Crippen LogP contribution in [-0.4, -0.2) is 7.11 Å². The third-order valence-electron chi connectivity index (χ3n) is 2.10. The molecule has 2 aromatic rings. The summed E-state index contributed by atoms with van der Waals surface area (Å²) >= 11 is 0. The first-order valence-electron chi connectivity index (χ1n) is 4.20. The number of benzene rings is 2. The highest BCUT2D eigenvalue weighted by Crippen LogP contribution is 2.27. The van der Waals surface area contributed by atoms with Crippen LogP contribution >= 0.6 is 0 Å². The Morgan fingerprint density at radius 2 is 1.92 bits per heavy atom. The fraction of sp³-hybridized carbons (Fsp3) is 0.0909. The van der Waals surface area contributed by atoms with Gasteiger partial charge in [-0.05, 0) is 5.39 Å². The van der Waals surface area contributed by atoms with E-state index in [1.54, 1.807) is 7.11 Å². The van der Waals surface area contributed by atoms with Gasteiger partial charge in [0.05, 0.1) is 7.11 Å². The van der Waals surface area contributed by atoms with Crippen LogP contribution in [0.3, 0.4) is 0 Å². The fourth-order valence-corrected chi connectivity index (χ4v) is 1.50. The van der Waals surface area contributed by atoms with Crippen LogP contribution in [0.2, 0.25) is 0 Å². The number of hydrogen-bond donors (Lipinski definition) is 1. The lowest BCUT2D eigenvalue weighted by Gasteiger charge is -2.04. The number of fused-ring (bicyclic) bond motifs is 1. The van der Waals surface area contributed by atoms with E-state index < -0.39 is 0 Å². The molecule has 0 amide bonds. The molecular weight excluding hydrogens is 162 g/mol. The number of methoxy groups -OCH3 is 1. The zero-order valence-electron chi connectivity index (χ0n) is 7.58. The van der Waals surface area contributed by atoms with Gasteiger partial charge in [-0.2, -0.15) is 0 Å². The van der Waals surface area contributed by atoms with Crippen molar-refractivity contribution < 1.29 is 10.5 Å². The Morgan fingerprint density at radius 3 is 2.69 bits per heavy atom. The molecule has 0 saturated carbocycles. The molecule has 0 radical (unpaired) electrons. The number of ether oxygens (including phenoxy) is 1. The molecule has 2 aromatic carbocycles. The minimum atomic E-state index is 0.892. The Balaban J connectivity index is 2.81. The Kier molecular flexibility index (Phi) is 1.91. The molecule has 66 valence electrons. The number of rotatable bonds is 1. The third-order valence-corrected chi connectivity index (χ3v) is 2.10. The molecule has 0 fully saturated rings. The highest BCUT2D eigenvalue weighted by molar-refractivity contribution is 5.90. The molecule has 0 spiro atoms. The van der Waals surface area contributed by atoms with Gasteiger partial charge in [-0.1, -0.05) is 24.3 Å². The van der Waals surface area contributed by atoms with Gasteiger partial charge in [0.1, 0.15) is 11.4 Å². The summed E-state index contributed by atoms with van der Waals surface area (Å²) in [7, 11) is 1.68. The molecule has 2 nitrogen and oxygen atoms in total. The molecule has 2 rings (SSSR count). The van der Waals surface area contributed by atoms with E-state index in [1.165, 1.54) is 5.39 Å². The molecule has 0 bridgehead atoms. The van der Waals surface area contributed by atoms with Gasteiger partial charge >= 0.3 is 0 Å². The smallest absolute Gasteiger partial charge is 0.132 e. The molecule has 0 unspecified atom stereocenters. The Morgan fingerprint density at radius 1 is 1.15 bits per heavy atom. The molecule has 0 aliphatic rings. The van der Waals surface area contributed by atoms with Crippen LogP contribution in [0.4, 0.5) is 5.69 Å². The first-order chi connectivity index (χ1) is 6.31. The fourth-order valence-electron chi connectivity index (χ4n) is 1.50. The molecule has 0 heterocycles. The average molecular weight is 174 g/mol. The van der Waals surface area contributed by atoms with Crippen molar-refractivity contribution in [1.29, 1.82) is 0 Å². The van der Waals surface area contributed by atoms with E-state index in [2.05, 4.69) is 17.9 Å². The second-order valence-corrected chi connectivity index (χ2v) is 3.02. The molecule has 0 aromatic heterocycles.